The standard InChI is InChI=1S/C20H26ClN3O3/c21-16-5-6-17-18(13-16)27-20(26)24(17)14-22-11-7-15(8-12-22)19(25)23-9-3-1-2-4-10-23/h5-6,13,15H,1-4,7-12,14H2. The Balaban J connectivity index is 1.38. The molecule has 6 nitrogen and oxygen atoms in total. The van der Waals surface area contributed by atoms with Crippen molar-refractivity contribution in [3.8, 4) is 0 Å². The van der Waals surface area contributed by atoms with Gasteiger partial charge in [0.05, 0.1) is 12.2 Å². The van der Waals surface area contributed by atoms with E-state index in [1.54, 1.807) is 16.7 Å². The zero-order valence-electron chi connectivity index (χ0n) is 15.5. The fourth-order valence-electron chi connectivity index (χ4n) is 4.24. The summed E-state index contributed by atoms with van der Waals surface area (Å²) < 4.78 is 6.95. The molecule has 4 rings (SSSR count). The maximum atomic E-state index is 12.8. The van der Waals surface area contributed by atoms with Gasteiger partial charge in [-0.1, -0.05) is 24.4 Å². The number of fused-ring (bicyclic) bond motifs is 1. The highest BCUT2D eigenvalue weighted by Gasteiger charge is 2.29. The van der Waals surface area contributed by atoms with Crippen molar-refractivity contribution in [2.45, 2.75) is 45.2 Å². The van der Waals surface area contributed by atoms with Crippen molar-refractivity contribution < 1.29 is 9.21 Å². The lowest BCUT2D eigenvalue weighted by atomic mass is 9.95. The fraction of sp³-hybridized carbons (Fsp3) is 0.600. The number of likely N-dealkylation sites (tertiary alicyclic amines) is 2. The van der Waals surface area contributed by atoms with Gasteiger partial charge in [0, 0.05) is 43.2 Å². The molecule has 27 heavy (non-hydrogen) atoms. The van der Waals surface area contributed by atoms with Gasteiger partial charge in [-0.2, -0.15) is 0 Å². The van der Waals surface area contributed by atoms with E-state index >= 15 is 0 Å². The van der Waals surface area contributed by atoms with Crippen LogP contribution in [0.3, 0.4) is 0 Å². The summed E-state index contributed by atoms with van der Waals surface area (Å²) in [6.07, 6.45) is 6.44. The number of piperidine rings is 1. The molecular weight excluding hydrogens is 366 g/mol. The molecule has 0 radical (unpaired) electrons. The topological polar surface area (TPSA) is 58.7 Å². The molecule has 1 aromatic heterocycles. The third kappa shape index (κ3) is 4.06. The molecule has 2 aromatic rings. The zero-order valence-corrected chi connectivity index (χ0v) is 16.3. The van der Waals surface area contributed by atoms with Crippen LogP contribution < -0.4 is 5.76 Å². The van der Waals surface area contributed by atoms with Gasteiger partial charge in [0.2, 0.25) is 5.91 Å². The lowest BCUT2D eigenvalue weighted by Crippen LogP contribution is -2.43. The normalized spacial score (nSPS) is 20.1. The van der Waals surface area contributed by atoms with E-state index in [9.17, 15) is 9.59 Å². The molecule has 2 saturated heterocycles. The number of halogens is 1. The van der Waals surface area contributed by atoms with Gasteiger partial charge in [-0.3, -0.25) is 14.3 Å². The first kappa shape index (κ1) is 18.6. The second-order valence-corrected chi connectivity index (χ2v) is 8.12. The minimum absolute atomic E-state index is 0.121. The average molecular weight is 392 g/mol. The summed E-state index contributed by atoms with van der Waals surface area (Å²) in [5.74, 6) is 0.0862. The first-order valence-corrected chi connectivity index (χ1v) is 10.3. The summed E-state index contributed by atoms with van der Waals surface area (Å²) >= 11 is 5.97. The third-order valence-electron chi connectivity index (χ3n) is 5.83. The van der Waals surface area contributed by atoms with Crippen LogP contribution in [0, 0.1) is 5.92 Å². The number of carbonyl (C=O) groups excluding carboxylic acids is 1. The summed E-state index contributed by atoms with van der Waals surface area (Å²) in [5.41, 5.74) is 1.27. The highest BCUT2D eigenvalue weighted by atomic mass is 35.5. The number of benzene rings is 1. The van der Waals surface area contributed by atoms with Crippen molar-refractivity contribution in [3.63, 3.8) is 0 Å². The third-order valence-corrected chi connectivity index (χ3v) is 6.06. The molecule has 2 fully saturated rings. The SMILES string of the molecule is O=C(C1CCN(Cn2c(=O)oc3cc(Cl)ccc32)CC1)N1CCCCCC1. The summed E-state index contributed by atoms with van der Waals surface area (Å²) in [6.45, 7) is 3.95. The molecule has 0 aliphatic carbocycles. The molecule has 3 heterocycles. The molecule has 0 atom stereocenters. The molecular formula is C20H26ClN3O3. The highest BCUT2D eigenvalue weighted by molar-refractivity contribution is 6.31. The Morgan fingerprint density at radius 2 is 1.78 bits per heavy atom. The number of nitrogens with zero attached hydrogens (tertiary/aromatic N) is 3. The summed E-state index contributed by atoms with van der Waals surface area (Å²) in [4.78, 5) is 29.3. The second kappa shape index (κ2) is 8.07. The van der Waals surface area contributed by atoms with E-state index in [1.807, 2.05) is 6.07 Å². The van der Waals surface area contributed by atoms with E-state index in [0.29, 0.717) is 23.2 Å². The van der Waals surface area contributed by atoms with Gasteiger partial charge in [-0.15, -0.1) is 0 Å². The van der Waals surface area contributed by atoms with Crippen molar-refractivity contribution in [2.24, 2.45) is 5.92 Å². The van der Waals surface area contributed by atoms with Gasteiger partial charge in [0.15, 0.2) is 5.58 Å². The van der Waals surface area contributed by atoms with Gasteiger partial charge in [0.1, 0.15) is 0 Å². The van der Waals surface area contributed by atoms with Crippen LogP contribution in [0.15, 0.2) is 27.4 Å². The van der Waals surface area contributed by atoms with Gasteiger partial charge in [-0.25, -0.2) is 4.79 Å². The van der Waals surface area contributed by atoms with Crippen molar-refractivity contribution in [1.82, 2.24) is 14.4 Å². The maximum Gasteiger partial charge on any atom is 0.421 e. The first-order valence-electron chi connectivity index (χ1n) is 9.92. The molecule has 2 aliphatic heterocycles. The van der Waals surface area contributed by atoms with Crippen molar-refractivity contribution in [1.29, 1.82) is 0 Å². The van der Waals surface area contributed by atoms with E-state index in [4.69, 9.17) is 16.0 Å². The van der Waals surface area contributed by atoms with E-state index in [2.05, 4.69) is 9.80 Å². The van der Waals surface area contributed by atoms with Gasteiger partial charge >= 0.3 is 5.76 Å². The molecule has 7 heteroatoms. The van der Waals surface area contributed by atoms with E-state index in [0.717, 1.165) is 57.4 Å². The lowest BCUT2D eigenvalue weighted by Gasteiger charge is -2.33. The molecule has 1 aromatic carbocycles. The predicted molar refractivity (Wildman–Crippen MR) is 105 cm³/mol. The fourth-order valence-corrected chi connectivity index (χ4v) is 4.41. The Morgan fingerprint density at radius 3 is 2.48 bits per heavy atom. The number of carbonyl (C=O) groups is 1. The van der Waals surface area contributed by atoms with Crippen molar-refractivity contribution >= 4 is 28.6 Å². The van der Waals surface area contributed by atoms with E-state index in [-0.39, 0.29) is 11.7 Å². The van der Waals surface area contributed by atoms with Crippen LogP contribution in [0.4, 0.5) is 0 Å². The van der Waals surface area contributed by atoms with Gasteiger partial charge < -0.3 is 9.32 Å². The molecule has 0 unspecified atom stereocenters. The minimum atomic E-state index is -0.366. The number of aromatic nitrogens is 1. The maximum absolute atomic E-state index is 12.8. The average Bonchev–Trinajstić information content (AvgIpc) is 2.85. The van der Waals surface area contributed by atoms with Crippen LogP contribution in [-0.4, -0.2) is 46.5 Å². The molecule has 1 amide bonds. The number of amides is 1. The number of hydrogen-bond acceptors (Lipinski definition) is 4. The predicted octanol–water partition coefficient (Wildman–Crippen LogP) is 3.32. The molecule has 2 aliphatic rings. The van der Waals surface area contributed by atoms with E-state index in [1.165, 1.54) is 12.8 Å². The number of oxazole rings is 1. The summed E-state index contributed by atoms with van der Waals surface area (Å²) in [7, 11) is 0. The Hall–Kier alpha value is -1.79. The highest BCUT2D eigenvalue weighted by Crippen LogP contribution is 2.23. The number of hydrogen-bond donors (Lipinski definition) is 0. The smallest absolute Gasteiger partial charge is 0.408 e. The van der Waals surface area contributed by atoms with Crippen LogP contribution >= 0.6 is 11.6 Å². The van der Waals surface area contributed by atoms with Crippen LogP contribution in [-0.2, 0) is 11.5 Å². The van der Waals surface area contributed by atoms with Crippen LogP contribution in [0.25, 0.3) is 11.1 Å². The lowest BCUT2D eigenvalue weighted by molar-refractivity contribution is -0.137. The first-order chi connectivity index (χ1) is 13.1. The Labute approximate surface area is 163 Å². The second-order valence-electron chi connectivity index (χ2n) is 7.68. The van der Waals surface area contributed by atoms with Crippen LogP contribution in [0.5, 0.6) is 0 Å². The Kier molecular flexibility index (Phi) is 5.55. The van der Waals surface area contributed by atoms with Crippen molar-refractivity contribution in [2.75, 3.05) is 26.2 Å². The molecule has 0 saturated carbocycles. The summed E-state index contributed by atoms with van der Waals surface area (Å²) in [5, 5.41) is 0.552. The molecule has 146 valence electrons. The minimum Gasteiger partial charge on any atom is -0.408 e. The zero-order chi connectivity index (χ0) is 18.8. The van der Waals surface area contributed by atoms with Crippen LogP contribution in [0.1, 0.15) is 38.5 Å². The number of rotatable bonds is 3. The Bertz CT molecular complexity index is 859. The molecule has 0 bridgehead atoms. The largest absolute Gasteiger partial charge is 0.421 e. The monoisotopic (exact) mass is 391 g/mol. The molecule has 0 N–H and O–H groups in total. The quantitative estimate of drug-likeness (QED) is 0.805. The van der Waals surface area contributed by atoms with Crippen LogP contribution in [0.2, 0.25) is 5.02 Å². The van der Waals surface area contributed by atoms with E-state index < -0.39 is 0 Å². The van der Waals surface area contributed by atoms with Gasteiger partial charge in [0.25, 0.3) is 0 Å². The van der Waals surface area contributed by atoms with Crippen molar-refractivity contribution in [3.05, 3.63) is 33.8 Å². The Morgan fingerprint density at radius 1 is 1.07 bits per heavy atom. The molecule has 0 spiro atoms. The summed E-state index contributed by atoms with van der Waals surface area (Å²) in [6, 6.07) is 5.25. The van der Waals surface area contributed by atoms with Gasteiger partial charge in [-0.05, 0) is 37.8 Å².